The number of hydrogen-bond donors (Lipinski definition) is 1. The largest absolute Gasteiger partial charge is 0.354 e. The second-order valence-corrected chi connectivity index (χ2v) is 12.7. The Kier molecular flexibility index (Phi) is 10.3. The molecule has 0 aromatic heterocycles. The summed E-state index contributed by atoms with van der Waals surface area (Å²) in [4.78, 5) is 28.4. The van der Waals surface area contributed by atoms with Crippen LogP contribution in [0.5, 0.6) is 0 Å². The normalized spacial score (nSPS) is 12.2. The second kappa shape index (κ2) is 13.2. The molecular formula is C29H34IN3O4S. The van der Waals surface area contributed by atoms with Crippen molar-refractivity contribution in [3.63, 3.8) is 0 Å². The number of nitrogens with one attached hydrogen (secondary N) is 1. The van der Waals surface area contributed by atoms with Crippen molar-refractivity contribution >= 4 is 50.1 Å². The molecule has 0 fully saturated rings. The van der Waals surface area contributed by atoms with Gasteiger partial charge in [0.25, 0.3) is 10.0 Å². The highest BCUT2D eigenvalue weighted by atomic mass is 127. The van der Waals surface area contributed by atoms with Crippen LogP contribution in [0.3, 0.4) is 0 Å². The quantitative estimate of drug-likeness (QED) is 0.298. The average Bonchev–Trinajstić information content (AvgIpc) is 2.89. The first kappa shape index (κ1) is 29.6. The number of carbonyl (C=O) groups is 2. The third kappa shape index (κ3) is 7.80. The number of hydrogen-bond acceptors (Lipinski definition) is 4. The molecule has 0 bridgehead atoms. The summed E-state index contributed by atoms with van der Waals surface area (Å²) in [5.74, 6) is -0.511. The predicted octanol–water partition coefficient (Wildman–Crippen LogP) is 4.98. The zero-order valence-corrected chi connectivity index (χ0v) is 25.1. The van der Waals surface area contributed by atoms with Crippen molar-refractivity contribution in [3.8, 4) is 0 Å². The summed E-state index contributed by atoms with van der Waals surface area (Å²) in [6.07, 6.45) is 0. The highest BCUT2D eigenvalue weighted by molar-refractivity contribution is 14.1. The molecule has 0 saturated carbocycles. The standard InChI is InChI=1S/C29H34IN3O4S/c1-21(2)18-31-29(35)23(4)32(19-24-10-8-9-22(3)17-24)28(34)20-33(26-15-13-25(30)14-16-26)38(36,37)27-11-6-5-7-12-27/h5-17,21,23H,18-20H2,1-4H3,(H,31,35). The summed E-state index contributed by atoms with van der Waals surface area (Å²) in [6.45, 7) is 7.81. The molecule has 3 rings (SSSR count). The molecule has 0 radical (unpaired) electrons. The Labute approximate surface area is 239 Å². The van der Waals surface area contributed by atoms with E-state index in [1.807, 2.05) is 45.0 Å². The van der Waals surface area contributed by atoms with Gasteiger partial charge in [0.05, 0.1) is 10.6 Å². The highest BCUT2D eigenvalue weighted by Gasteiger charge is 2.32. The van der Waals surface area contributed by atoms with Crippen molar-refractivity contribution in [1.82, 2.24) is 10.2 Å². The summed E-state index contributed by atoms with van der Waals surface area (Å²) in [5.41, 5.74) is 2.25. The number of aryl methyl sites for hydroxylation is 1. The maximum atomic E-state index is 13.9. The lowest BCUT2D eigenvalue weighted by Crippen LogP contribution is -2.51. The molecule has 0 aliphatic carbocycles. The number of anilines is 1. The molecule has 2 amide bonds. The van der Waals surface area contributed by atoms with E-state index in [4.69, 9.17) is 0 Å². The Morgan fingerprint density at radius 1 is 0.921 bits per heavy atom. The molecule has 1 N–H and O–H groups in total. The van der Waals surface area contributed by atoms with Gasteiger partial charge in [-0.2, -0.15) is 0 Å². The summed E-state index contributed by atoms with van der Waals surface area (Å²) in [7, 11) is -4.06. The molecule has 0 aliphatic heterocycles. The number of amides is 2. The van der Waals surface area contributed by atoms with Gasteiger partial charge in [-0.25, -0.2) is 8.42 Å². The lowest BCUT2D eigenvalue weighted by molar-refractivity contribution is -0.139. The molecule has 0 spiro atoms. The van der Waals surface area contributed by atoms with E-state index in [0.717, 1.165) is 19.0 Å². The minimum atomic E-state index is -4.06. The maximum absolute atomic E-state index is 13.9. The molecule has 9 heteroatoms. The van der Waals surface area contributed by atoms with E-state index in [1.54, 1.807) is 49.4 Å². The van der Waals surface area contributed by atoms with E-state index < -0.39 is 28.5 Å². The van der Waals surface area contributed by atoms with Gasteiger partial charge in [-0.05, 0) is 84.3 Å². The van der Waals surface area contributed by atoms with E-state index in [1.165, 1.54) is 17.0 Å². The summed E-state index contributed by atoms with van der Waals surface area (Å²) < 4.78 is 29.5. The molecule has 3 aromatic rings. The van der Waals surface area contributed by atoms with Crippen molar-refractivity contribution in [1.29, 1.82) is 0 Å². The Balaban J connectivity index is 1.99. The van der Waals surface area contributed by atoms with Gasteiger partial charge in [0, 0.05) is 16.7 Å². The van der Waals surface area contributed by atoms with Gasteiger partial charge in [0.1, 0.15) is 12.6 Å². The fourth-order valence-electron chi connectivity index (χ4n) is 3.90. The molecule has 7 nitrogen and oxygen atoms in total. The van der Waals surface area contributed by atoms with Crippen molar-refractivity contribution in [2.45, 2.75) is 45.2 Å². The lowest BCUT2D eigenvalue weighted by atomic mass is 10.1. The van der Waals surface area contributed by atoms with Crippen LogP contribution < -0.4 is 9.62 Å². The summed E-state index contributed by atoms with van der Waals surface area (Å²) >= 11 is 2.14. The van der Waals surface area contributed by atoms with Crippen LogP contribution in [0.4, 0.5) is 5.69 Å². The minimum absolute atomic E-state index is 0.0827. The van der Waals surface area contributed by atoms with Crippen LogP contribution >= 0.6 is 22.6 Å². The highest BCUT2D eigenvalue weighted by Crippen LogP contribution is 2.25. The molecule has 3 aromatic carbocycles. The monoisotopic (exact) mass is 647 g/mol. The SMILES string of the molecule is Cc1cccc(CN(C(=O)CN(c2ccc(I)cc2)S(=O)(=O)c2ccccc2)C(C)C(=O)NCC(C)C)c1. The zero-order chi connectivity index (χ0) is 27.9. The van der Waals surface area contributed by atoms with Crippen LogP contribution in [0.1, 0.15) is 31.9 Å². The van der Waals surface area contributed by atoms with Gasteiger partial charge in [0.2, 0.25) is 11.8 Å². The van der Waals surface area contributed by atoms with Crippen LogP contribution in [0, 0.1) is 16.4 Å². The van der Waals surface area contributed by atoms with Crippen molar-refractivity contribution in [2.75, 3.05) is 17.4 Å². The Bertz CT molecular complexity index is 1350. The number of rotatable bonds is 11. The fraction of sp³-hybridized carbons (Fsp3) is 0.310. The average molecular weight is 648 g/mol. The Morgan fingerprint density at radius 2 is 1.58 bits per heavy atom. The first-order valence-electron chi connectivity index (χ1n) is 12.4. The van der Waals surface area contributed by atoms with E-state index in [9.17, 15) is 18.0 Å². The third-order valence-electron chi connectivity index (χ3n) is 6.01. The molecule has 0 saturated heterocycles. The van der Waals surface area contributed by atoms with E-state index in [0.29, 0.717) is 12.2 Å². The third-order valence-corrected chi connectivity index (χ3v) is 8.52. The Morgan fingerprint density at radius 3 is 2.18 bits per heavy atom. The zero-order valence-electron chi connectivity index (χ0n) is 22.1. The van der Waals surface area contributed by atoms with Crippen LogP contribution in [0.15, 0.2) is 83.8 Å². The Hall–Kier alpha value is -2.92. The molecule has 38 heavy (non-hydrogen) atoms. The van der Waals surface area contributed by atoms with Crippen LogP contribution in [-0.2, 0) is 26.2 Å². The van der Waals surface area contributed by atoms with Crippen LogP contribution in [-0.4, -0.2) is 44.3 Å². The van der Waals surface area contributed by atoms with Gasteiger partial charge >= 0.3 is 0 Å². The van der Waals surface area contributed by atoms with E-state index >= 15 is 0 Å². The number of benzene rings is 3. The number of sulfonamides is 1. The smallest absolute Gasteiger partial charge is 0.264 e. The molecule has 1 atom stereocenters. The number of halogens is 1. The van der Waals surface area contributed by atoms with Crippen molar-refractivity contribution < 1.29 is 18.0 Å². The van der Waals surface area contributed by atoms with Gasteiger partial charge in [0.15, 0.2) is 0 Å². The number of carbonyl (C=O) groups excluding carboxylic acids is 2. The van der Waals surface area contributed by atoms with Gasteiger partial charge in [-0.1, -0.05) is 61.9 Å². The maximum Gasteiger partial charge on any atom is 0.264 e. The molecule has 0 aliphatic rings. The summed E-state index contributed by atoms with van der Waals surface area (Å²) in [5, 5.41) is 2.90. The second-order valence-electron chi connectivity index (χ2n) is 9.63. The minimum Gasteiger partial charge on any atom is -0.354 e. The molecule has 0 heterocycles. The van der Waals surface area contributed by atoms with Gasteiger partial charge < -0.3 is 10.2 Å². The van der Waals surface area contributed by atoms with Gasteiger partial charge in [-0.15, -0.1) is 0 Å². The van der Waals surface area contributed by atoms with E-state index in [2.05, 4.69) is 27.9 Å². The number of nitrogens with zero attached hydrogens (tertiary/aromatic N) is 2. The van der Waals surface area contributed by atoms with Crippen LogP contribution in [0.25, 0.3) is 0 Å². The van der Waals surface area contributed by atoms with Crippen LogP contribution in [0.2, 0.25) is 0 Å². The first-order chi connectivity index (χ1) is 18.0. The van der Waals surface area contributed by atoms with E-state index in [-0.39, 0.29) is 23.3 Å². The predicted molar refractivity (Wildman–Crippen MR) is 159 cm³/mol. The fourth-order valence-corrected chi connectivity index (χ4v) is 5.69. The molecule has 202 valence electrons. The van der Waals surface area contributed by atoms with Crippen molar-refractivity contribution in [3.05, 3.63) is 93.6 Å². The van der Waals surface area contributed by atoms with Gasteiger partial charge in [-0.3, -0.25) is 13.9 Å². The first-order valence-corrected chi connectivity index (χ1v) is 15.0. The lowest BCUT2D eigenvalue weighted by Gasteiger charge is -2.32. The van der Waals surface area contributed by atoms with Crippen molar-refractivity contribution in [2.24, 2.45) is 5.92 Å². The summed E-state index contributed by atoms with van der Waals surface area (Å²) in [6, 6.07) is 21.9. The molecule has 1 unspecified atom stereocenters. The molecular weight excluding hydrogens is 613 g/mol. The topological polar surface area (TPSA) is 86.8 Å².